The molecule has 0 bridgehead atoms. The average molecular weight is 362 g/mol. The average Bonchev–Trinajstić information content (AvgIpc) is 3.03. The van der Waals surface area contributed by atoms with Crippen molar-refractivity contribution < 1.29 is 9.90 Å². The van der Waals surface area contributed by atoms with Gasteiger partial charge < -0.3 is 10.8 Å². The highest BCUT2D eigenvalue weighted by atomic mass is 79.9. The van der Waals surface area contributed by atoms with Crippen molar-refractivity contribution in [2.45, 2.75) is 55.9 Å². The minimum atomic E-state index is -1.06. The Morgan fingerprint density at radius 1 is 1.14 bits per heavy atom. The van der Waals surface area contributed by atoms with Crippen LogP contribution in [0.3, 0.4) is 0 Å². The fraction of sp³-hybridized carbons (Fsp3) is 0.500. The zero-order valence-corrected chi connectivity index (χ0v) is 14.1. The number of benzene rings is 1. The summed E-state index contributed by atoms with van der Waals surface area (Å²) in [5, 5.41) is 9.37. The van der Waals surface area contributed by atoms with Crippen LogP contribution in [-0.2, 0) is 23.1 Å². The number of allylic oxidation sites excluding steroid dienone is 1. The summed E-state index contributed by atoms with van der Waals surface area (Å²) < 4.78 is 1.20. The normalized spacial score (nSPS) is 32.7. The van der Waals surface area contributed by atoms with Gasteiger partial charge in [0.25, 0.3) is 0 Å². The van der Waals surface area contributed by atoms with E-state index in [1.165, 1.54) is 46.0 Å². The van der Waals surface area contributed by atoms with E-state index in [2.05, 4.69) is 34.1 Å². The van der Waals surface area contributed by atoms with Crippen LogP contribution in [-0.4, -0.2) is 16.6 Å². The fourth-order valence-electron chi connectivity index (χ4n) is 4.43. The molecule has 0 atom stereocenters. The monoisotopic (exact) mass is 361 g/mol. The molecule has 1 aromatic carbocycles. The summed E-state index contributed by atoms with van der Waals surface area (Å²) >= 11 is 3.77. The SMILES string of the molecule is NC1(C(=O)O)CCC2(CC1)C(Br)=Cc1cc3c(cc12)CCC3. The summed E-state index contributed by atoms with van der Waals surface area (Å²) in [6, 6.07) is 4.72. The van der Waals surface area contributed by atoms with Gasteiger partial charge in [-0.15, -0.1) is 0 Å². The molecular formula is C18H20BrNO2. The quantitative estimate of drug-likeness (QED) is 0.804. The highest BCUT2D eigenvalue weighted by Crippen LogP contribution is 2.55. The molecule has 3 nitrogen and oxygen atoms in total. The predicted octanol–water partition coefficient (Wildman–Crippen LogP) is 3.52. The number of fused-ring (bicyclic) bond motifs is 3. The minimum absolute atomic E-state index is 0.0503. The number of rotatable bonds is 1. The molecule has 116 valence electrons. The Morgan fingerprint density at radius 2 is 1.77 bits per heavy atom. The van der Waals surface area contributed by atoms with E-state index in [0.717, 1.165) is 12.8 Å². The van der Waals surface area contributed by atoms with Crippen LogP contribution >= 0.6 is 15.9 Å². The third-order valence-corrected chi connectivity index (χ3v) is 6.93. The molecule has 0 radical (unpaired) electrons. The number of carboxylic acid groups (broad SMARTS) is 1. The zero-order valence-electron chi connectivity index (χ0n) is 12.5. The van der Waals surface area contributed by atoms with Crippen molar-refractivity contribution in [3.05, 3.63) is 38.9 Å². The molecular weight excluding hydrogens is 342 g/mol. The molecule has 0 saturated heterocycles. The zero-order chi connectivity index (χ0) is 15.5. The Morgan fingerprint density at radius 3 is 2.41 bits per heavy atom. The van der Waals surface area contributed by atoms with E-state index >= 15 is 0 Å². The standard InChI is InChI=1S/C18H20BrNO2/c19-15-10-13-8-11-2-1-3-12(11)9-14(13)17(15)4-6-18(20,7-5-17)16(21)22/h8-10H,1-7,20H2,(H,21,22). The van der Waals surface area contributed by atoms with Crippen molar-refractivity contribution in [2.24, 2.45) is 5.73 Å². The van der Waals surface area contributed by atoms with Crippen LogP contribution in [0.1, 0.15) is 54.4 Å². The summed E-state index contributed by atoms with van der Waals surface area (Å²) in [4.78, 5) is 11.4. The van der Waals surface area contributed by atoms with Gasteiger partial charge >= 0.3 is 5.97 Å². The number of carbonyl (C=O) groups is 1. The van der Waals surface area contributed by atoms with Gasteiger partial charge in [0.15, 0.2) is 0 Å². The first kappa shape index (κ1) is 14.5. The van der Waals surface area contributed by atoms with Crippen molar-refractivity contribution in [3.8, 4) is 0 Å². The number of nitrogens with two attached hydrogens (primary N) is 1. The summed E-state index contributed by atoms with van der Waals surface area (Å²) in [6.07, 6.45) is 8.51. The number of aryl methyl sites for hydroxylation is 2. The summed E-state index contributed by atoms with van der Waals surface area (Å²) in [5.74, 6) is -0.866. The first-order chi connectivity index (χ1) is 10.4. The Labute approximate surface area is 138 Å². The first-order valence-corrected chi connectivity index (χ1v) is 8.80. The lowest BCUT2D eigenvalue weighted by atomic mass is 9.65. The minimum Gasteiger partial charge on any atom is -0.480 e. The molecule has 22 heavy (non-hydrogen) atoms. The third-order valence-electron chi connectivity index (χ3n) is 5.94. The van der Waals surface area contributed by atoms with E-state index in [-0.39, 0.29) is 5.41 Å². The van der Waals surface area contributed by atoms with Gasteiger partial charge in [-0.2, -0.15) is 0 Å². The highest BCUT2D eigenvalue weighted by Gasteiger charge is 2.49. The van der Waals surface area contributed by atoms with E-state index in [0.29, 0.717) is 12.8 Å². The molecule has 3 aliphatic carbocycles. The topological polar surface area (TPSA) is 63.3 Å². The van der Waals surface area contributed by atoms with Crippen LogP contribution in [0.4, 0.5) is 0 Å². The number of halogens is 1. The molecule has 3 N–H and O–H groups in total. The summed E-state index contributed by atoms with van der Waals surface area (Å²) in [5.41, 5.74) is 10.6. The maximum atomic E-state index is 11.4. The molecule has 0 amide bonds. The van der Waals surface area contributed by atoms with Crippen molar-refractivity contribution in [3.63, 3.8) is 0 Å². The maximum absolute atomic E-state index is 11.4. The molecule has 4 heteroatoms. The van der Waals surface area contributed by atoms with E-state index in [4.69, 9.17) is 5.73 Å². The van der Waals surface area contributed by atoms with Gasteiger partial charge in [0.1, 0.15) is 5.54 Å². The van der Waals surface area contributed by atoms with Crippen LogP contribution in [0.5, 0.6) is 0 Å². The van der Waals surface area contributed by atoms with E-state index < -0.39 is 11.5 Å². The lowest BCUT2D eigenvalue weighted by Gasteiger charge is -2.42. The van der Waals surface area contributed by atoms with Gasteiger partial charge in [-0.1, -0.05) is 28.1 Å². The van der Waals surface area contributed by atoms with Crippen molar-refractivity contribution in [1.29, 1.82) is 0 Å². The van der Waals surface area contributed by atoms with Gasteiger partial charge in [-0.05, 0) is 73.3 Å². The Bertz CT molecular complexity index is 699. The summed E-state index contributed by atoms with van der Waals surface area (Å²) in [6.45, 7) is 0. The van der Waals surface area contributed by atoms with Crippen LogP contribution in [0.25, 0.3) is 6.08 Å². The maximum Gasteiger partial charge on any atom is 0.323 e. The molecule has 1 fully saturated rings. The van der Waals surface area contributed by atoms with Crippen molar-refractivity contribution in [1.82, 2.24) is 0 Å². The van der Waals surface area contributed by atoms with Crippen LogP contribution in [0, 0.1) is 0 Å². The molecule has 0 heterocycles. The Kier molecular flexibility index (Phi) is 3.08. The molecule has 0 aliphatic heterocycles. The first-order valence-electron chi connectivity index (χ1n) is 8.01. The Hall–Kier alpha value is -1.13. The largest absolute Gasteiger partial charge is 0.480 e. The van der Waals surface area contributed by atoms with E-state index in [9.17, 15) is 9.90 Å². The van der Waals surface area contributed by atoms with Gasteiger partial charge in [0.05, 0.1) is 0 Å². The van der Waals surface area contributed by atoms with Gasteiger partial charge in [-0.3, -0.25) is 4.79 Å². The second-order valence-corrected chi connectivity index (χ2v) is 7.95. The number of hydrogen-bond acceptors (Lipinski definition) is 2. The molecule has 1 spiro atoms. The second-order valence-electron chi connectivity index (χ2n) is 7.10. The number of carboxylic acids is 1. The number of aliphatic carboxylic acids is 1. The smallest absolute Gasteiger partial charge is 0.323 e. The highest BCUT2D eigenvalue weighted by molar-refractivity contribution is 9.11. The second kappa shape index (κ2) is 4.68. The summed E-state index contributed by atoms with van der Waals surface area (Å²) in [7, 11) is 0. The fourth-order valence-corrected chi connectivity index (χ4v) is 5.28. The van der Waals surface area contributed by atoms with E-state index in [1.807, 2.05) is 0 Å². The molecule has 4 rings (SSSR count). The number of hydrogen-bond donors (Lipinski definition) is 2. The third kappa shape index (κ3) is 1.86. The van der Waals surface area contributed by atoms with Crippen LogP contribution in [0.2, 0.25) is 0 Å². The van der Waals surface area contributed by atoms with Crippen LogP contribution in [0.15, 0.2) is 16.6 Å². The van der Waals surface area contributed by atoms with Gasteiger partial charge in [-0.25, -0.2) is 0 Å². The van der Waals surface area contributed by atoms with Crippen molar-refractivity contribution in [2.75, 3.05) is 0 Å². The van der Waals surface area contributed by atoms with Gasteiger partial charge in [0.2, 0.25) is 0 Å². The van der Waals surface area contributed by atoms with Gasteiger partial charge in [0, 0.05) is 9.90 Å². The van der Waals surface area contributed by atoms with Crippen molar-refractivity contribution >= 4 is 28.0 Å². The molecule has 1 aromatic rings. The molecule has 3 aliphatic rings. The lowest BCUT2D eigenvalue weighted by molar-refractivity contribution is -0.145. The van der Waals surface area contributed by atoms with E-state index in [1.54, 1.807) is 0 Å². The molecule has 0 aromatic heterocycles. The molecule has 0 unspecified atom stereocenters. The van der Waals surface area contributed by atoms with Crippen LogP contribution < -0.4 is 5.73 Å². The molecule has 1 saturated carbocycles. The Balaban J connectivity index is 1.74. The lowest BCUT2D eigenvalue weighted by Crippen LogP contribution is -2.53. The predicted molar refractivity (Wildman–Crippen MR) is 90.1 cm³/mol.